The molecule has 2 aromatic carbocycles. The SMILES string of the molecule is O=C(N[C@@H]1CCC[C@H](Nc2cc(C(F)(F)F)nc3ccc(Cl)cc23)C1)c1ccc(C2CC2)cc1. The van der Waals surface area contributed by atoms with Crippen LogP contribution in [0, 0.1) is 0 Å². The molecule has 2 N–H and O–H groups in total. The molecule has 2 saturated carbocycles. The van der Waals surface area contributed by atoms with E-state index in [2.05, 4.69) is 15.6 Å². The van der Waals surface area contributed by atoms with Crippen LogP contribution in [0.5, 0.6) is 0 Å². The first-order valence-corrected chi connectivity index (χ1v) is 12.0. The van der Waals surface area contributed by atoms with Crippen molar-refractivity contribution < 1.29 is 18.0 Å². The molecule has 0 spiro atoms. The Labute approximate surface area is 200 Å². The summed E-state index contributed by atoms with van der Waals surface area (Å²) in [4.78, 5) is 16.5. The van der Waals surface area contributed by atoms with Gasteiger partial charge in [-0.1, -0.05) is 23.7 Å². The first-order valence-electron chi connectivity index (χ1n) is 11.6. The van der Waals surface area contributed by atoms with E-state index in [1.807, 2.05) is 24.3 Å². The average Bonchev–Trinajstić information content (AvgIpc) is 3.64. The van der Waals surface area contributed by atoms with Gasteiger partial charge in [0.05, 0.1) is 5.52 Å². The fourth-order valence-corrected chi connectivity index (χ4v) is 4.90. The average molecular weight is 488 g/mol. The lowest BCUT2D eigenvalue weighted by Crippen LogP contribution is -2.41. The van der Waals surface area contributed by atoms with Crippen LogP contribution in [-0.4, -0.2) is 23.0 Å². The van der Waals surface area contributed by atoms with E-state index in [0.717, 1.165) is 25.3 Å². The number of aromatic nitrogens is 1. The van der Waals surface area contributed by atoms with Crippen LogP contribution in [0.1, 0.15) is 66.1 Å². The van der Waals surface area contributed by atoms with Gasteiger partial charge in [0.15, 0.2) is 0 Å². The molecular weight excluding hydrogens is 463 g/mol. The molecule has 3 aromatic rings. The molecule has 1 heterocycles. The summed E-state index contributed by atoms with van der Waals surface area (Å²) < 4.78 is 40.3. The Morgan fingerprint density at radius 1 is 0.971 bits per heavy atom. The zero-order chi connectivity index (χ0) is 23.9. The van der Waals surface area contributed by atoms with Crippen LogP contribution in [-0.2, 0) is 6.18 Å². The van der Waals surface area contributed by atoms with Gasteiger partial charge in [0.25, 0.3) is 5.91 Å². The minimum absolute atomic E-state index is 0.0550. The van der Waals surface area contributed by atoms with Crippen LogP contribution in [0.4, 0.5) is 18.9 Å². The molecule has 8 heteroatoms. The number of amides is 1. The van der Waals surface area contributed by atoms with Crippen molar-refractivity contribution in [2.75, 3.05) is 5.32 Å². The van der Waals surface area contributed by atoms with Crippen molar-refractivity contribution in [3.63, 3.8) is 0 Å². The summed E-state index contributed by atoms with van der Waals surface area (Å²) in [6.45, 7) is 0. The van der Waals surface area contributed by atoms with Gasteiger partial charge in [0, 0.05) is 33.7 Å². The lowest BCUT2D eigenvalue weighted by Gasteiger charge is -2.31. The Bertz CT molecular complexity index is 1210. The highest BCUT2D eigenvalue weighted by molar-refractivity contribution is 6.31. The fourth-order valence-electron chi connectivity index (χ4n) is 4.73. The summed E-state index contributed by atoms with van der Waals surface area (Å²) in [7, 11) is 0. The number of hydrogen-bond acceptors (Lipinski definition) is 3. The molecule has 2 fully saturated rings. The summed E-state index contributed by atoms with van der Waals surface area (Å²) >= 11 is 6.11. The van der Waals surface area contributed by atoms with Crippen molar-refractivity contribution in [3.8, 4) is 0 Å². The van der Waals surface area contributed by atoms with E-state index in [1.165, 1.54) is 30.5 Å². The molecule has 2 aliphatic carbocycles. The molecule has 2 aliphatic rings. The third kappa shape index (κ3) is 5.14. The fraction of sp³-hybridized carbons (Fsp3) is 0.385. The third-order valence-corrected chi connectivity index (χ3v) is 6.89. The van der Waals surface area contributed by atoms with Crippen LogP contribution in [0.3, 0.4) is 0 Å². The number of carbonyl (C=O) groups excluding carboxylic acids is 1. The molecule has 34 heavy (non-hydrogen) atoms. The van der Waals surface area contributed by atoms with Gasteiger partial charge in [-0.15, -0.1) is 0 Å². The quantitative estimate of drug-likeness (QED) is 0.410. The van der Waals surface area contributed by atoms with Gasteiger partial charge in [0.2, 0.25) is 0 Å². The zero-order valence-corrected chi connectivity index (χ0v) is 19.2. The number of carbonyl (C=O) groups is 1. The maximum Gasteiger partial charge on any atom is 0.433 e. The van der Waals surface area contributed by atoms with Crippen molar-refractivity contribution in [3.05, 3.63) is 70.4 Å². The predicted molar refractivity (Wildman–Crippen MR) is 127 cm³/mol. The standard InChI is InChI=1S/C26H25ClF3N3O/c27-18-10-11-22-21(12-18)23(14-24(33-22)26(28,29)30)31-19-2-1-3-20(13-19)32-25(34)17-8-6-16(7-9-17)15-4-5-15/h6-12,14-15,19-20H,1-5,13H2,(H,31,33)(H,32,34)/t19-,20+/m0/s1. The van der Waals surface area contributed by atoms with E-state index in [1.54, 1.807) is 6.07 Å². The number of nitrogens with zero attached hydrogens (tertiary/aromatic N) is 1. The zero-order valence-electron chi connectivity index (χ0n) is 18.5. The molecule has 0 unspecified atom stereocenters. The molecule has 0 aliphatic heterocycles. The van der Waals surface area contributed by atoms with Crippen LogP contribution in [0.15, 0.2) is 48.5 Å². The Morgan fingerprint density at radius 2 is 1.71 bits per heavy atom. The number of hydrogen-bond donors (Lipinski definition) is 2. The summed E-state index contributed by atoms with van der Waals surface area (Å²) in [5.74, 6) is 0.521. The molecule has 5 rings (SSSR count). The third-order valence-electron chi connectivity index (χ3n) is 6.65. The van der Waals surface area contributed by atoms with E-state index in [-0.39, 0.29) is 23.5 Å². The van der Waals surface area contributed by atoms with Crippen LogP contribution in [0.2, 0.25) is 5.02 Å². The van der Waals surface area contributed by atoms with Gasteiger partial charge in [-0.3, -0.25) is 4.79 Å². The monoisotopic (exact) mass is 487 g/mol. The highest BCUT2D eigenvalue weighted by Crippen LogP contribution is 2.40. The maximum atomic E-state index is 13.4. The molecule has 0 saturated heterocycles. The van der Waals surface area contributed by atoms with Crippen molar-refractivity contribution >= 4 is 34.1 Å². The van der Waals surface area contributed by atoms with Gasteiger partial charge < -0.3 is 10.6 Å². The van der Waals surface area contributed by atoms with Crippen molar-refractivity contribution in [1.82, 2.24) is 10.3 Å². The first-order chi connectivity index (χ1) is 16.3. The maximum absolute atomic E-state index is 13.4. The van der Waals surface area contributed by atoms with Gasteiger partial charge in [-0.05, 0) is 86.4 Å². The van der Waals surface area contributed by atoms with Crippen molar-refractivity contribution in [2.24, 2.45) is 0 Å². The number of benzene rings is 2. The number of fused-ring (bicyclic) bond motifs is 1. The van der Waals surface area contributed by atoms with E-state index < -0.39 is 11.9 Å². The minimum Gasteiger partial charge on any atom is -0.382 e. The normalized spacial score (nSPS) is 20.8. The smallest absolute Gasteiger partial charge is 0.382 e. The topological polar surface area (TPSA) is 54.0 Å². The molecule has 2 atom stereocenters. The van der Waals surface area contributed by atoms with E-state index in [4.69, 9.17) is 11.6 Å². The molecule has 0 radical (unpaired) electrons. The van der Waals surface area contributed by atoms with E-state index in [9.17, 15) is 18.0 Å². The summed E-state index contributed by atoms with van der Waals surface area (Å²) in [6, 6.07) is 13.3. The van der Waals surface area contributed by atoms with Crippen molar-refractivity contribution in [1.29, 1.82) is 0 Å². The second-order valence-corrected chi connectivity index (χ2v) is 9.73. The van der Waals surface area contributed by atoms with Crippen molar-refractivity contribution in [2.45, 2.75) is 62.7 Å². The molecule has 0 bridgehead atoms. The highest BCUT2D eigenvalue weighted by Gasteiger charge is 2.34. The van der Waals surface area contributed by atoms with E-state index in [0.29, 0.717) is 34.0 Å². The lowest BCUT2D eigenvalue weighted by molar-refractivity contribution is -0.140. The van der Waals surface area contributed by atoms with Gasteiger partial charge in [0.1, 0.15) is 5.69 Å². The molecule has 1 aromatic heterocycles. The molecule has 4 nitrogen and oxygen atoms in total. The number of rotatable bonds is 5. The summed E-state index contributed by atoms with van der Waals surface area (Å²) in [6.07, 6.45) is 0.991. The Balaban J connectivity index is 1.30. The predicted octanol–water partition coefficient (Wildman–Crippen LogP) is 6.94. The van der Waals surface area contributed by atoms with Crippen LogP contribution >= 0.6 is 11.6 Å². The second kappa shape index (κ2) is 9.10. The van der Waals surface area contributed by atoms with Crippen LogP contribution in [0.25, 0.3) is 10.9 Å². The summed E-state index contributed by atoms with van der Waals surface area (Å²) in [5, 5.41) is 7.36. The Morgan fingerprint density at radius 3 is 2.41 bits per heavy atom. The summed E-state index contributed by atoms with van der Waals surface area (Å²) in [5.41, 5.74) is 1.55. The number of anilines is 1. The van der Waals surface area contributed by atoms with E-state index >= 15 is 0 Å². The lowest BCUT2D eigenvalue weighted by atomic mass is 9.90. The largest absolute Gasteiger partial charge is 0.433 e. The molecule has 1 amide bonds. The van der Waals surface area contributed by atoms with Crippen LogP contribution < -0.4 is 10.6 Å². The van der Waals surface area contributed by atoms with Gasteiger partial charge >= 0.3 is 6.18 Å². The number of halogens is 4. The number of alkyl halides is 3. The highest BCUT2D eigenvalue weighted by atomic mass is 35.5. The number of nitrogens with one attached hydrogen (secondary N) is 2. The minimum atomic E-state index is -4.55. The number of pyridine rings is 1. The first kappa shape index (κ1) is 23.0. The second-order valence-electron chi connectivity index (χ2n) is 9.29. The van der Waals surface area contributed by atoms with Gasteiger partial charge in [-0.2, -0.15) is 13.2 Å². The molecular formula is C26H25ClF3N3O. The van der Waals surface area contributed by atoms with Gasteiger partial charge in [-0.25, -0.2) is 4.98 Å². The molecule has 178 valence electrons. The Hall–Kier alpha value is -2.80. The Kier molecular flexibility index (Phi) is 6.15.